The quantitative estimate of drug-likeness (QED) is 0.224. The molecule has 16 heavy (non-hydrogen) atoms. The van der Waals surface area contributed by atoms with E-state index in [1.165, 1.54) is 0 Å². The Hall–Kier alpha value is -0.900. The summed E-state index contributed by atoms with van der Waals surface area (Å²) in [5.74, 6) is -1.02. The van der Waals surface area contributed by atoms with Gasteiger partial charge in [-0.25, -0.2) is 0 Å². The first kappa shape index (κ1) is 15.1. The third kappa shape index (κ3) is 3.59. The standard InChI is InChI=1S/C8H16O8/c9-1-3(11)5(13)7(15)8(16)6(14)4(12)2-10/h1,4-16H,2H2/b3-1-/t4?,5-,6+,7+,8-/m0/s1. The Kier molecular flexibility index (Phi) is 6.26. The highest BCUT2D eigenvalue weighted by Gasteiger charge is 2.35. The summed E-state index contributed by atoms with van der Waals surface area (Å²) in [6, 6.07) is 0. The second kappa shape index (κ2) is 6.63. The molecule has 0 saturated heterocycles. The molecular formula is C8H16O8. The molecule has 0 spiro atoms. The van der Waals surface area contributed by atoms with Crippen LogP contribution in [0.25, 0.3) is 0 Å². The highest BCUT2D eigenvalue weighted by atomic mass is 16.4. The predicted molar refractivity (Wildman–Crippen MR) is 50.5 cm³/mol. The van der Waals surface area contributed by atoms with Gasteiger partial charge in [0.25, 0.3) is 0 Å². The van der Waals surface area contributed by atoms with Crippen molar-refractivity contribution in [3.05, 3.63) is 12.0 Å². The van der Waals surface area contributed by atoms with E-state index in [0.29, 0.717) is 0 Å². The van der Waals surface area contributed by atoms with Crippen molar-refractivity contribution >= 4 is 0 Å². The van der Waals surface area contributed by atoms with Gasteiger partial charge in [0.2, 0.25) is 0 Å². The van der Waals surface area contributed by atoms with Gasteiger partial charge >= 0.3 is 0 Å². The first-order valence-corrected chi connectivity index (χ1v) is 4.41. The van der Waals surface area contributed by atoms with Crippen molar-refractivity contribution in [2.45, 2.75) is 30.5 Å². The lowest BCUT2D eigenvalue weighted by atomic mass is 9.99. The Bertz CT molecular complexity index is 230. The Labute approximate surface area is 91.0 Å². The van der Waals surface area contributed by atoms with E-state index in [1.54, 1.807) is 0 Å². The van der Waals surface area contributed by atoms with E-state index >= 15 is 0 Å². The molecule has 1 unspecified atom stereocenters. The minimum Gasteiger partial charge on any atom is -0.512 e. The van der Waals surface area contributed by atoms with Gasteiger partial charge in [-0.1, -0.05) is 0 Å². The molecule has 96 valence electrons. The molecule has 0 aliphatic heterocycles. The van der Waals surface area contributed by atoms with Crippen LogP contribution in [0.4, 0.5) is 0 Å². The molecule has 0 aromatic carbocycles. The molecule has 8 nitrogen and oxygen atoms in total. The normalized spacial score (nSPS) is 22.2. The van der Waals surface area contributed by atoms with Gasteiger partial charge in [0.15, 0.2) is 5.76 Å². The van der Waals surface area contributed by atoms with Crippen LogP contribution in [0.5, 0.6) is 0 Å². The van der Waals surface area contributed by atoms with Crippen LogP contribution in [-0.2, 0) is 0 Å². The van der Waals surface area contributed by atoms with E-state index in [4.69, 9.17) is 30.6 Å². The predicted octanol–water partition coefficient (Wildman–Crippen LogP) is -3.26. The van der Waals surface area contributed by atoms with E-state index in [1.807, 2.05) is 0 Å². The number of hydrogen-bond acceptors (Lipinski definition) is 8. The Morgan fingerprint density at radius 3 is 1.81 bits per heavy atom. The SMILES string of the molecule is O/C=C(\O)[C@H](O)[C@@H](O)[C@@H](O)[C@H](O)C(O)CO. The molecule has 0 saturated carbocycles. The highest BCUT2D eigenvalue weighted by Crippen LogP contribution is 2.12. The third-order valence-electron chi connectivity index (χ3n) is 2.04. The molecule has 8 N–H and O–H groups in total. The van der Waals surface area contributed by atoms with Crippen LogP contribution in [0, 0.1) is 0 Å². The molecule has 0 radical (unpaired) electrons. The molecule has 0 aliphatic carbocycles. The lowest BCUT2D eigenvalue weighted by molar-refractivity contribution is -0.138. The molecule has 0 aliphatic rings. The van der Waals surface area contributed by atoms with Crippen molar-refractivity contribution in [3.8, 4) is 0 Å². The highest BCUT2D eigenvalue weighted by molar-refractivity contribution is 4.99. The van der Waals surface area contributed by atoms with Crippen molar-refractivity contribution in [3.63, 3.8) is 0 Å². The topological polar surface area (TPSA) is 162 Å². The van der Waals surface area contributed by atoms with E-state index in [9.17, 15) is 10.2 Å². The molecule has 0 fully saturated rings. The van der Waals surface area contributed by atoms with Crippen molar-refractivity contribution in [2.75, 3.05) is 6.61 Å². The van der Waals surface area contributed by atoms with Gasteiger partial charge < -0.3 is 40.9 Å². The van der Waals surface area contributed by atoms with Gasteiger partial charge in [-0.15, -0.1) is 0 Å². The summed E-state index contributed by atoms with van der Waals surface area (Å²) >= 11 is 0. The lowest BCUT2D eigenvalue weighted by Crippen LogP contribution is -2.50. The minimum atomic E-state index is -2.04. The fraction of sp³-hybridized carbons (Fsp3) is 0.750. The van der Waals surface area contributed by atoms with Gasteiger partial charge in [0, 0.05) is 0 Å². The van der Waals surface area contributed by atoms with Gasteiger partial charge in [-0.2, -0.15) is 0 Å². The number of aliphatic hydroxyl groups excluding tert-OH is 8. The molecular weight excluding hydrogens is 224 g/mol. The fourth-order valence-corrected chi connectivity index (χ4v) is 0.976. The van der Waals surface area contributed by atoms with E-state index in [-0.39, 0.29) is 6.26 Å². The zero-order valence-electron chi connectivity index (χ0n) is 8.25. The van der Waals surface area contributed by atoms with Crippen LogP contribution < -0.4 is 0 Å². The van der Waals surface area contributed by atoms with Crippen molar-refractivity contribution in [1.29, 1.82) is 0 Å². The van der Waals surface area contributed by atoms with Crippen molar-refractivity contribution in [2.24, 2.45) is 0 Å². The zero-order chi connectivity index (χ0) is 12.9. The molecule has 0 aromatic rings. The molecule has 5 atom stereocenters. The maximum Gasteiger partial charge on any atom is 0.158 e. The summed E-state index contributed by atoms with van der Waals surface area (Å²) in [5, 5.41) is 71.3. The first-order chi connectivity index (χ1) is 7.36. The van der Waals surface area contributed by atoms with Crippen LogP contribution in [-0.4, -0.2) is 78.0 Å². The Morgan fingerprint density at radius 1 is 0.938 bits per heavy atom. The fourth-order valence-electron chi connectivity index (χ4n) is 0.976. The smallest absolute Gasteiger partial charge is 0.158 e. The summed E-state index contributed by atoms with van der Waals surface area (Å²) < 4.78 is 0. The summed E-state index contributed by atoms with van der Waals surface area (Å²) in [5.41, 5.74) is 0. The first-order valence-electron chi connectivity index (χ1n) is 4.41. The lowest BCUT2D eigenvalue weighted by Gasteiger charge is -2.27. The summed E-state index contributed by atoms with van der Waals surface area (Å²) in [4.78, 5) is 0. The molecule has 8 heteroatoms. The molecule has 0 amide bonds. The van der Waals surface area contributed by atoms with Gasteiger partial charge in [-0.3, -0.25) is 0 Å². The monoisotopic (exact) mass is 240 g/mol. The van der Waals surface area contributed by atoms with Crippen molar-refractivity contribution in [1.82, 2.24) is 0 Å². The third-order valence-corrected chi connectivity index (χ3v) is 2.04. The largest absolute Gasteiger partial charge is 0.512 e. The Morgan fingerprint density at radius 2 is 1.44 bits per heavy atom. The van der Waals surface area contributed by atoms with E-state index < -0.39 is 42.9 Å². The molecule has 0 aromatic heterocycles. The average molecular weight is 240 g/mol. The van der Waals surface area contributed by atoms with Crippen LogP contribution in [0.15, 0.2) is 12.0 Å². The maximum absolute atomic E-state index is 9.25. The van der Waals surface area contributed by atoms with Crippen LogP contribution in [0.1, 0.15) is 0 Å². The molecule has 0 rings (SSSR count). The van der Waals surface area contributed by atoms with Gasteiger partial charge in [0.1, 0.15) is 36.8 Å². The maximum atomic E-state index is 9.25. The van der Waals surface area contributed by atoms with Crippen LogP contribution >= 0.6 is 0 Å². The van der Waals surface area contributed by atoms with Crippen molar-refractivity contribution < 1.29 is 40.9 Å². The second-order valence-corrected chi connectivity index (χ2v) is 3.22. The summed E-state index contributed by atoms with van der Waals surface area (Å²) in [6.07, 6.45) is -9.60. The Balaban J connectivity index is 4.54. The summed E-state index contributed by atoms with van der Waals surface area (Å²) in [7, 11) is 0. The van der Waals surface area contributed by atoms with E-state index in [2.05, 4.69) is 0 Å². The van der Waals surface area contributed by atoms with Gasteiger partial charge in [0.05, 0.1) is 6.61 Å². The van der Waals surface area contributed by atoms with E-state index in [0.717, 1.165) is 0 Å². The molecule has 0 bridgehead atoms. The number of hydrogen-bond donors (Lipinski definition) is 8. The second-order valence-electron chi connectivity index (χ2n) is 3.22. The summed E-state index contributed by atoms with van der Waals surface area (Å²) in [6.45, 7) is -0.858. The number of rotatable bonds is 6. The van der Waals surface area contributed by atoms with Crippen LogP contribution in [0.3, 0.4) is 0 Å². The average Bonchev–Trinajstić information content (AvgIpc) is 2.32. The van der Waals surface area contributed by atoms with Crippen LogP contribution in [0.2, 0.25) is 0 Å². The minimum absolute atomic E-state index is 0.107. The van der Waals surface area contributed by atoms with Gasteiger partial charge in [-0.05, 0) is 0 Å². The zero-order valence-corrected chi connectivity index (χ0v) is 8.25. The number of aliphatic hydroxyl groups is 8. The molecule has 0 heterocycles.